The highest BCUT2D eigenvalue weighted by Crippen LogP contribution is 2.16. The minimum absolute atomic E-state index is 0.182. The SMILES string of the molecule is Nc1ccc(S(=O)(=O)NCCCn2ccnc2)c(F)c1. The van der Waals surface area contributed by atoms with Crippen molar-refractivity contribution in [2.45, 2.75) is 17.9 Å². The van der Waals surface area contributed by atoms with Crippen molar-refractivity contribution in [2.24, 2.45) is 0 Å². The summed E-state index contributed by atoms with van der Waals surface area (Å²) in [6.07, 6.45) is 5.66. The molecular formula is C12H15FN4O2S. The molecule has 0 aliphatic carbocycles. The van der Waals surface area contributed by atoms with Crippen LogP contribution in [-0.4, -0.2) is 24.5 Å². The van der Waals surface area contributed by atoms with Crippen molar-refractivity contribution in [1.29, 1.82) is 0 Å². The van der Waals surface area contributed by atoms with Gasteiger partial charge >= 0.3 is 0 Å². The number of aromatic nitrogens is 2. The number of nitrogens with two attached hydrogens (primary N) is 1. The van der Waals surface area contributed by atoms with Gasteiger partial charge in [0, 0.05) is 31.2 Å². The van der Waals surface area contributed by atoms with Crippen molar-refractivity contribution in [2.75, 3.05) is 12.3 Å². The summed E-state index contributed by atoms with van der Waals surface area (Å²) in [6.45, 7) is 0.844. The number of hydrogen-bond acceptors (Lipinski definition) is 4. The second-order valence-corrected chi connectivity index (χ2v) is 5.98. The van der Waals surface area contributed by atoms with Gasteiger partial charge in [-0.1, -0.05) is 0 Å². The van der Waals surface area contributed by atoms with E-state index in [2.05, 4.69) is 9.71 Å². The number of hydrogen-bond donors (Lipinski definition) is 2. The maximum absolute atomic E-state index is 13.6. The zero-order chi connectivity index (χ0) is 14.6. The first-order chi connectivity index (χ1) is 9.49. The molecule has 0 bridgehead atoms. The number of imidazole rings is 1. The molecule has 2 aromatic rings. The number of rotatable bonds is 6. The first-order valence-corrected chi connectivity index (χ1v) is 7.48. The molecule has 0 spiro atoms. The zero-order valence-corrected chi connectivity index (χ0v) is 11.5. The van der Waals surface area contributed by atoms with Crippen LogP contribution in [0.25, 0.3) is 0 Å². The lowest BCUT2D eigenvalue weighted by atomic mass is 10.3. The first kappa shape index (κ1) is 14.5. The minimum Gasteiger partial charge on any atom is -0.399 e. The Labute approximate surface area is 116 Å². The summed E-state index contributed by atoms with van der Waals surface area (Å²) in [5.41, 5.74) is 5.56. The van der Waals surface area contributed by atoms with Crippen molar-refractivity contribution in [3.63, 3.8) is 0 Å². The van der Waals surface area contributed by atoms with Gasteiger partial charge in [-0.15, -0.1) is 0 Å². The highest BCUT2D eigenvalue weighted by atomic mass is 32.2. The molecule has 1 heterocycles. The van der Waals surface area contributed by atoms with Crippen LogP contribution in [0.1, 0.15) is 6.42 Å². The van der Waals surface area contributed by atoms with E-state index in [-0.39, 0.29) is 12.2 Å². The topological polar surface area (TPSA) is 90.0 Å². The number of aryl methyl sites for hydroxylation is 1. The summed E-state index contributed by atoms with van der Waals surface area (Å²) in [7, 11) is -3.85. The van der Waals surface area contributed by atoms with Gasteiger partial charge in [-0.25, -0.2) is 22.5 Å². The Bertz CT molecular complexity index is 671. The largest absolute Gasteiger partial charge is 0.399 e. The molecule has 3 N–H and O–H groups in total. The van der Waals surface area contributed by atoms with Crippen LogP contribution in [0.3, 0.4) is 0 Å². The Hall–Kier alpha value is -1.93. The van der Waals surface area contributed by atoms with Gasteiger partial charge in [0.2, 0.25) is 10.0 Å². The summed E-state index contributed by atoms with van der Waals surface area (Å²) in [5, 5.41) is 0. The fourth-order valence-corrected chi connectivity index (χ4v) is 2.83. The van der Waals surface area contributed by atoms with E-state index in [0.29, 0.717) is 13.0 Å². The smallest absolute Gasteiger partial charge is 0.243 e. The molecule has 0 aliphatic heterocycles. The zero-order valence-electron chi connectivity index (χ0n) is 10.7. The van der Waals surface area contributed by atoms with Gasteiger partial charge in [-0.05, 0) is 24.6 Å². The lowest BCUT2D eigenvalue weighted by Crippen LogP contribution is -2.26. The van der Waals surface area contributed by atoms with Crippen molar-refractivity contribution >= 4 is 15.7 Å². The van der Waals surface area contributed by atoms with Crippen LogP contribution in [0.15, 0.2) is 41.8 Å². The number of nitrogens with one attached hydrogen (secondary N) is 1. The summed E-state index contributed by atoms with van der Waals surface area (Å²) in [6, 6.07) is 3.49. The van der Waals surface area contributed by atoms with E-state index < -0.39 is 20.7 Å². The molecule has 0 radical (unpaired) electrons. The molecule has 6 nitrogen and oxygen atoms in total. The number of anilines is 1. The molecule has 0 amide bonds. The fourth-order valence-electron chi connectivity index (χ4n) is 1.70. The van der Waals surface area contributed by atoms with E-state index >= 15 is 0 Å². The quantitative estimate of drug-likeness (QED) is 0.614. The molecule has 8 heteroatoms. The van der Waals surface area contributed by atoms with Gasteiger partial charge in [0.05, 0.1) is 6.33 Å². The predicted octanol–water partition coefficient (Wildman–Crippen LogP) is 0.973. The van der Waals surface area contributed by atoms with E-state index in [1.807, 2.05) is 4.57 Å². The number of benzene rings is 1. The number of halogens is 1. The molecule has 2 rings (SSSR count). The van der Waals surface area contributed by atoms with Crippen LogP contribution in [0.2, 0.25) is 0 Å². The average molecular weight is 298 g/mol. The molecule has 0 saturated heterocycles. The average Bonchev–Trinajstić information content (AvgIpc) is 2.87. The molecule has 1 aromatic heterocycles. The summed E-state index contributed by atoms with van der Waals surface area (Å²) >= 11 is 0. The normalized spacial score (nSPS) is 11.7. The highest BCUT2D eigenvalue weighted by molar-refractivity contribution is 7.89. The van der Waals surface area contributed by atoms with Gasteiger partial charge in [0.25, 0.3) is 0 Å². The van der Waals surface area contributed by atoms with E-state index in [9.17, 15) is 12.8 Å². The van der Waals surface area contributed by atoms with Crippen molar-refractivity contribution in [1.82, 2.24) is 14.3 Å². The molecule has 0 fully saturated rings. The van der Waals surface area contributed by atoms with Crippen LogP contribution in [-0.2, 0) is 16.6 Å². The summed E-state index contributed by atoms with van der Waals surface area (Å²) in [5.74, 6) is -0.855. The molecule has 108 valence electrons. The molecule has 0 atom stereocenters. The van der Waals surface area contributed by atoms with E-state index in [0.717, 1.165) is 12.1 Å². The Kier molecular flexibility index (Phi) is 4.35. The highest BCUT2D eigenvalue weighted by Gasteiger charge is 2.18. The van der Waals surface area contributed by atoms with Gasteiger partial charge < -0.3 is 10.3 Å². The van der Waals surface area contributed by atoms with E-state index in [4.69, 9.17) is 5.73 Å². The lowest BCUT2D eigenvalue weighted by Gasteiger charge is -2.08. The monoisotopic (exact) mass is 298 g/mol. The minimum atomic E-state index is -3.85. The van der Waals surface area contributed by atoms with E-state index in [1.54, 1.807) is 18.7 Å². The second-order valence-electron chi connectivity index (χ2n) is 4.24. The Balaban J connectivity index is 1.93. The molecular weight excluding hydrogens is 283 g/mol. The second kappa shape index (κ2) is 6.02. The van der Waals surface area contributed by atoms with Gasteiger partial charge in [-0.3, -0.25) is 0 Å². The third kappa shape index (κ3) is 3.55. The molecule has 0 aliphatic rings. The number of sulfonamides is 1. The van der Waals surface area contributed by atoms with Crippen LogP contribution in [0, 0.1) is 5.82 Å². The maximum Gasteiger partial charge on any atom is 0.243 e. The van der Waals surface area contributed by atoms with E-state index in [1.165, 1.54) is 6.07 Å². The first-order valence-electron chi connectivity index (χ1n) is 5.99. The third-order valence-corrected chi connectivity index (χ3v) is 4.18. The molecule has 1 aromatic carbocycles. The van der Waals surface area contributed by atoms with Crippen LogP contribution < -0.4 is 10.5 Å². The Morgan fingerprint density at radius 1 is 1.40 bits per heavy atom. The van der Waals surface area contributed by atoms with Crippen molar-refractivity contribution < 1.29 is 12.8 Å². The van der Waals surface area contributed by atoms with Crippen LogP contribution in [0.4, 0.5) is 10.1 Å². The van der Waals surface area contributed by atoms with Crippen molar-refractivity contribution in [3.05, 3.63) is 42.7 Å². The molecule has 0 unspecified atom stereocenters. The standard InChI is InChI=1S/C12H15FN4O2S/c13-11-8-10(14)2-3-12(11)20(18,19)16-4-1-6-17-7-5-15-9-17/h2-3,5,7-9,16H,1,4,6,14H2. The lowest BCUT2D eigenvalue weighted by molar-refractivity contribution is 0.551. The van der Waals surface area contributed by atoms with Gasteiger partial charge in [-0.2, -0.15) is 0 Å². The molecule has 20 heavy (non-hydrogen) atoms. The van der Waals surface area contributed by atoms with Crippen LogP contribution >= 0.6 is 0 Å². The number of nitrogens with zero attached hydrogens (tertiary/aromatic N) is 2. The summed E-state index contributed by atoms with van der Waals surface area (Å²) < 4.78 is 41.6. The predicted molar refractivity (Wildman–Crippen MR) is 72.8 cm³/mol. The van der Waals surface area contributed by atoms with Gasteiger partial charge in [0.1, 0.15) is 10.7 Å². The summed E-state index contributed by atoms with van der Waals surface area (Å²) in [4.78, 5) is 3.49. The number of nitrogen functional groups attached to an aromatic ring is 1. The maximum atomic E-state index is 13.6. The molecule has 0 saturated carbocycles. The third-order valence-electron chi connectivity index (χ3n) is 2.69. The fraction of sp³-hybridized carbons (Fsp3) is 0.250. The van der Waals surface area contributed by atoms with Gasteiger partial charge in [0.15, 0.2) is 0 Å². The Morgan fingerprint density at radius 3 is 2.85 bits per heavy atom. The van der Waals surface area contributed by atoms with Crippen LogP contribution in [0.5, 0.6) is 0 Å². The Morgan fingerprint density at radius 2 is 2.20 bits per heavy atom. The van der Waals surface area contributed by atoms with Crippen molar-refractivity contribution in [3.8, 4) is 0 Å².